The Balaban J connectivity index is 2.08. The lowest BCUT2D eigenvalue weighted by Crippen LogP contribution is -2.46. The average molecular weight is 325 g/mol. The van der Waals surface area contributed by atoms with E-state index < -0.39 is 29.2 Å². The molecule has 1 amide bonds. The van der Waals surface area contributed by atoms with Crippen LogP contribution in [0.3, 0.4) is 0 Å². The minimum Gasteiger partial charge on any atom is -0.444 e. The number of amides is 1. The number of carbonyl (C=O) groups is 2. The Bertz CT molecular complexity index is 610. The molecule has 0 saturated carbocycles. The molecular formula is C17H21F2NO3. The van der Waals surface area contributed by atoms with E-state index in [1.165, 1.54) is 17.0 Å². The predicted octanol–water partition coefficient (Wildman–Crippen LogP) is 3.33. The van der Waals surface area contributed by atoms with Crippen molar-refractivity contribution in [3.05, 3.63) is 35.4 Å². The van der Waals surface area contributed by atoms with Gasteiger partial charge in [0, 0.05) is 25.4 Å². The Hall–Kier alpha value is -1.98. The van der Waals surface area contributed by atoms with Crippen molar-refractivity contribution in [1.82, 2.24) is 4.90 Å². The monoisotopic (exact) mass is 325 g/mol. The number of halogens is 2. The standard InChI is InChI=1S/C17H21F2NO3/c1-17(2,3)23-16(22)20-8-7-14(21)12(10-20)9-11-5-4-6-13(18)15(11)19/h4-6,12H,7-10H2,1-3H3. The van der Waals surface area contributed by atoms with E-state index in [1.54, 1.807) is 20.8 Å². The van der Waals surface area contributed by atoms with Gasteiger partial charge in [-0.3, -0.25) is 4.79 Å². The summed E-state index contributed by atoms with van der Waals surface area (Å²) in [6.07, 6.45) is -0.225. The molecule has 1 aromatic carbocycles. The maximum atomic E-state index is 13.8. The number of piperidine rings is 1. The van der Waals surface area contributed by atoms with Crippen LogP contribution < -0.4 is 0 Å². The van der Waals surface area contributed by atoms with Crippen LogP contribution in [0.15, 0.2) is 18.2 Å². The van der Waals surface area contributed by atoms with Crippen molar-refractivity contribution in [1.29, 1.82) is 0 Å². The molecule has 0 aromatic heterocycles. The smallest absolute Gasteiger partial charge is 0.410 e. The number of rotatable bonds is 2. The second kappa shape index (κ2) is 6.64. The number of hydrogen-bond acceptors (Lipinski definition) is 3. The van der Waals surface area contributed by atoms with E-state index >= 15 is 0 Å². The molecule has 1 aliphatic rings. The lowest BCUT2D eigenvalue weighted by molar-refractivity contribution is -0.125. The number of hydrogen-bond donors (Lipinski definition) is 0. The van der Waals surface area contributed by atoms with E-state index in [0.29, 0.717) is 0 Å². The van der Waals surface area contributed by atoms with Crippen LogP contribution >= 0.6 is 0 Å². The van der Waals surface area contributed by atoms with Gasteiger partial charge in [0.25, 0.3) is 0 Å². The second-order valence-electron chi connectivity index (χ2n) is 6.76. The number of nitrogens with zero attached hydrogens (tertiary/aromatic N) is 1. The normalized spacial score (nSPS) is 18.9. The molecule has 1 aliphatic heterocycles. The van der Waals surface area contributed by atoms with Crippen LogP contribution in [0.4, 0.5) is 13.6 Å². The van der Waals surface area contributed by atoms with Crippen molar-refractivity contribution in [2.24, 2.45) is 5.92 Å². The molecule has 23 heavy (non-hydrogen) atoms. The van der Waals surface area contributed by atoms with Gasteiger partial charge < -0.3 is 9.64 Å². The molecular weight excluding hydrogens is 304 g/mol. The Morgan fingerprint density at radius 2 is 2.04 bits per heavy atom. The summed E-state index contributed by atoms with van der Waals surface area (Å²) in [5.74, 6) is -2.47. The highest BCUT2D eigenvalue weighted by Gasteiger charge is 2.32. The van der Waals surface area contributed by atoms with Gasteiger partial charge in [-0.1, -0.05) is 12.1 Å². The van der Waals surface area contributed by atoms with Gasteiger partial charge in [0.1, 0.15) is 11.4 Å². The highest BCUT2D eigenvalue weighted by Crippen LogP contribution is 2.22. The summed E-state index contributed by atoms with van der Waals surface area (Å²) in [7, 11) is 0. The van der Waals surface area contributed by atoms with Crippen molar-refractivity contribution < 1.29 is 23.1 Å². The highest BCUT2D eigenvalue weighted by atomic mass is 19.2. The van der Waals surface area contributed by atoms with Gasteiger partial charge in [0.2, 0.25) is 0 Å². The fourth-order valence-corrected chi connectivity index (χ4v) is 2.55. The molecule has 0 bridgehead atoms. The summed E-state index contributed by atoms with van der Waals surface area (Å²) < 4.78 is 32.3. The number of benzene rings is 1. The SMILES string of the molecule is CC(C)(C)OC(=O)N1CCC(=O)C(Cc2cccc(F)c2F)C1. The summed E-state index contributed by atoms with van der Waals surface area (Å²) in [5.41, 5.74) is -0.475. The van der Waals surface area contributed by atoms with Gasteiger partial charge in [-0.05, 0) is 38.8 Å². The molecule has 4 nitrogen and oxygen atoms in total. The van der Waals surface area contributed by atoms with Gasteiger partial charge in [-0.25, -0.2) is 13.6 Å². The van der Waals surface area contributed by atoms with E-state index in [2.05, 4.69) is 0 Å². The maximum absolute atomic E-state index is 13.8. The van der Waals surface area contributed by atoms with Crippen molar-refractivity contribution in [2.75, 3.05) is 13.1 Å². The van der Waals surface area contributed by atoms with E-state index in [1.807, 2.05) is 0 Å². The second-order valence-corrected chi connectivity index (χ2v) is 6.76. The van der Waals surface area contributed by atoms with E-state index in [-0.39, 0.29) is 37.3 Å². The van der Waals surface area contributed by atoms with Crippen molar-refractivity contribution >= 4 is 11.9 Å². The summed E-state index contributed by atoms with van der Waals surface area (Å²) in [5, 5.41) is 0. The first-order valence-electron chi connectivity index (χ1n) is 7.61. The van der Waals surface area contributed by atoms with Crippen LogP contribution in [0, 0.1) is 17.6 Å². The van der Waals surface area contributed by atoms with Gasteiger partial charge in [0.05, 0.1) is 0 Å². The zero-order valence-corrected chi connectivity index (χ0v) is 13.6. The molecule has 0 N–H and O–H groups in total. The van der Waals surface area contributed by atoms with Crippen LogP contribution in [0.5, 0.6) is 0 Å². The van der Waals surface area contributed by atoms with Gasteiger partial charge in [-0.2, -0.15) is 0 Å². The zero-order valence-electron chi connectivity index (χ0n) is 13.6. The number of Topliss-reactive ketones (excluding diaryl/α,β-unsaturated/α-hetero) is 1. The molecule has 0 aliphatic carbocycles. The predicted molar refractivity (Wildman–Crippen MR) is 81.0 cm³/mol. The molecule has 1 saturated heterocycles. The molecule has 6 heteroatoms. The van der Waals surface area contributed by atoms with Crippen LogP contribution in [-0.4, -0.2) is 35.5 Å². The number of ether oxygens (including phenoxy) is 1. The van der Waals surface area contributed by atoms with Crippen LogP contribution in [0.2, 0.25) is 0 Å². The van der Waals surface area contributed by atoms with Gasteiger partial charge in [-0.15, -0.1) is 0 Å². The van der Waals surface area contributed by atoms with E-state index in [9.17, 15) is 18.4 Å². The quantitative estimate of drug-likeness (QED) is 0.838. The third-order valence-corrected chi connectivity index (χ3v) is 3.67. The molecule has 0 spiro atoms. The first-order valence-corrected chi connectivity index (χ1v) is 7.61. The van der Waals surface area contributed by atoms with Crippen LogP contribution in [0.25, 0.3) is 0 Å². The summed E-state index contributed by atoms with van der Waals surface area (Å²) >= 11 is 0. The number of likely N-dealkylation sites (tertiary alicyclic amines) is 1. The number of ketones is 1. The Labute approximate surface area is 134 Å². The molecule has 1 atom stereocenters. The summed E-state index contributed by atoms with van der Waals surface area (Å²) in [6.45, 7) is 5.73. The summed E-state index contributed by atoms with van der Waals surface area (Å²) in [4.78, 5) is 25.6. The molecule has 2 rings (SSSR count). The average Bonchev–Trinajstić information content (AvgIpc) is 2.44. The highest BCUT2D eigenvalue weighted by molar-refractivity contribution is 5.84. The van der Waals surface area contributed by atoms with Crippen LogP contribution in [0.1, 0.15) is 32.8 Å². The van der Waals surface area contributed by atoms with Gasteiger partial charge >= 0.3 is 6.09 Å². The van der Waals surface area contributed by atoms with Crippen molar-refractivity contribution in [3.8, 4) is 0 Å². The molecule has 1 fully saturated rings. The minimum absolute atomic E-state index is 0.0477. The fraction of sp³-hybridized carbons (Fsp3) is 0.529. The minimum atomic E-state index is -0.935. The molecule has 1 heterocycles. The van der Waals surface area contributed by atoms with E-state index in [0.717, 1.165) is 6.07 Å². The summed E-state index contributed by atoms with van der Waals surface area (Å²) in [6, 6.07) is 3.90. The molecule has 126 valence electrons. The first-order chi connectivity index (χ1) is 10.7. The fourth-order valence-electron chi connectivity index (χ4n) is 2.55. The Morgan fingerprint density at radius 3 is 2.70 bits per heavy atom. The number of carbonyl (C=O) groups excluding carboxylic acids is 2. The van der Waals surface area contributed by atoms with Crippen LogP contribution in [-0.2, 0) is 16.0 Å². The van der Waals surface area contributed by atoms with Crippen molar-refractivity contribution in [2.45, 2.75) is 39.2 Å². The lowest BCUT2D eigenvalue weighted by Gasteiger charge is -2.33. The lowest BCUT2D eigenvalue weighted by atomic mass is 9.90. The molecule has 0 radical (unpaired) electrons. The largest absolute Gasteiger partial charge is 0.444 e. The Morgan fingerprint density at radius 1 is 1.35 bits per heavy atom. The van der Waals surface area contributed by atoms with Gasteiger partial charge in [0.15, 0.2) is 11.6 Å². The topological polar surface area (TPSA) is 46.6 Å². The molecule has 1 aromatic rings. The Kier molecular flexibility index (Phi) is 5.02. The first kappa shape index (κ1) is 17.4. The third kappa shape index (κ3) is 4.50. The van der Waals surface area contributed by atoms with Crippen molar-refractivity contribution in [3.63, 3.8) is 0 Å². The third-order valence-electron chi connectivity index (χ3n) is 3.67. The molecule has 1 unspecified atom stereocenters. The van der Waals surface area contributed by atoms with E-state index in [4.69, 9.17) is 4.74 Å². The zero-order chi connectivity index (χ0) is 17.2. The maximum Gasteiger partial charge on any atom is 0.410 e.